The number of ketones is 1. The van der Waals surface area contributed by atoms with Gasteiger partial charge < -0.3 is 108 Å². The Morgan fingerprint density at radius 1 is 0.660 bits per heavy atom. The molecule has 0 radical (unpaired) electrons. The van der Waals surface area contributed by atoms with Crippen LogP contribution in [0.15, 0.2) is 23.8 Å². The van der Waals surface area contributed by atoms with Gasteiger partial charge >= 0.3 is 26.8 Å². The lowest BCUT2D eigenvalue weighted by Gasteiger charge is -2.63. The first-order chi connectivity index (χ1) is 43.9. The fraction of sp³-hybridized carbons (Fsp3) is 0.900. The lowest BCUT2D eigenvalue weighted by atomic mass is 9.41. The Morgan fingerprint density at radius 3 is 1.90 bits per heavy atom. The topological polar surface area (TPSA) is 474 Å². The Kier molecular flexibility index (Phi) is 22.0. The van der Waals surface area contributed by atoms with Gasteiger partial charge in [0.2, 0.25) is 0 Å². The molecule has 6 heterocycles. The highest BCUT2D eigenvalue weighted by Gasteiger charge is 2.79. The molecule has 10 aliphatic rings. The van der Waals surface area contributed by atoms with Crippen molar-refractivity contribution in [2.75, 3.05) is 40.1 Å². The summed E-state index contributed by atoms with van der Waals surface area (Å²) in [5.41, 5.74) is -1.78. The number of rotatable bonds is 22. The first-order valence-electron chi connectivity index (χ1n) is 31.9. The lowest BCUT2D eigenvalue weighted by Crippen LogP contribution is -2.67. The van der Waals surface area contributed by atoms with E-state index in [2.05, 4.69) is 44.5 Å². The molecule has 31 atom stereocenters. The molecule has 10 rings (SSSR count). The number of hydrogen-bond acceptors (Lipinski definition) is 30. The summed E-state index contributed by atoms with van der Waals surface area (Å²) in [4.78, 5) is 29.0. The van der Waals surface area contributed by atoms with Crippen LogP contribution in [-0.4, -0.2) is 276 Å². The summed E-state index contributed by atoms with van der Waals surface area (Å²) in [6.07, 6.45) is -34.1. The van der Waals surface area contributed by atoms with Gasteiger partial charge in [-0.2, -0.15) is 16.8 Å². The molecule has 0 aromatic carbocycles. The molecular formula is C60H94O32S2. The van der Waals surface area contributed by atoms with Crippen LogP contribution in [0.5, 0.6) is 0 Å². The molecule has 0 amide bonds. The Morgan fingerprint density at radius 2 is 1.26 bits per heavy atom. The van der Waals surface area contributed by atoms with Crippen LogP contribution in [0.1, 0.15) is 106 Å². The summed E-state index contributed by atoms with van der Waals surface area (Å²) >= 11 is 0. The fourth-order valence-electron chi connectivity index (χ4n) is 17.5. The van der Waals surface area contributed by atoms with E-state index in [-0.39, 0.29) is 35.4 Å². The zero-order chi connectivity index (χ0) is 68.9. The number of Topliss-reactive ketones (excluding diaryl/α,β-unsaturated/α-hetero) is 1. The number of fused-ring (bicyclic) bond motifs is 4. The van der Waals surface area contributed by atoms with Gasteiger partial charge in [-0.15, -0.1) is 6.58 Å². The van der Waals surface area contributed by atoms with Crippen LogP contribution in [-0.2, 0) is 95.6 Å². The smallest absolute Gasteiger partial charge is 0.397 e. The van der Waals surface area contributed by atoms with E-state index < -0.39 is 229 Å². The number of esters is 1. The van der Waals surface area contributed by atoms with Crippen molar-refractivity contribution in [3.63, 3.8) is 0 Å². The zero-order valence-corrected chi connectivity index (χ0v) is 55.3. The second-order valence-electron chi connectivity index (χ2n) is 28.6. The molecule has 0 aromatic rings. The molecular weight excluding hydrogens is 1300 g/mol. The first kappa shape index (κ1) is 74.2. The summed E-state index contributed by atoms with van der Waals surface area (Å²) in [7, 11) is -9.12. The maximum absolute atomic E-state index is 14.5. The minimum absolute atomic E-state index is 0.0306. The highest BCUT2D eigenvalue weighted by Crippen LogP contribution is 2.75. The van der Waals surface area contributed by atoms with Gasteiger partial charge in [-0.1, -0.05) is 44.9 Å². The summed E-state index contributed by atoms with van der Waals surface area (Å²) in [6.45, 7) is 13.7. The average Bonchev–Trinajstić information content (AvgIpc) is 1.47. The van der Waals surface area contributed by atoms with E-state index in [0.717, 1.165) is 31.1 Å². The van der Waals surface area contributed by atoms with Crippen LogP contribution in [0.25, 0.3) is 0 Å². The number of aliphatic hydroxyl groups excluding tert-OH is 10. The Bertz CT molecular complexity index is 2990. The molecule has 0 bridgehead atoms. The van der Waals surface area contributed by atoms with Crippen LogP contribution < -0.4 is 0 Å². The van der Waals surface area contributed by atoms with Gasteiger partial charge in [0.05, 0.1) is 62.7 Å². The van der Waals surface area contributed by atoms with Crippen molar-refractivity contribution in [3.8, 4) is 0 Å². The van der Waals surface area contributed by atoms with Crippen LogP contribution in [0.4, 0.5) is 0 Å². The summed E-state index contributed by atoms with van der Waals surface area (Å²) in [5.74, 6) is -2.29. The van der Waals surface area contributed by atoms with E-state index in [1.807, 2.05) is 13.8 Å². The number of cyclic esters (lactones) is 1. The summed E-state index contributed by atoms with van der Waals surface area (Å²) in [6, 6.07) is 0. The van der Waals surface area contributed by atoms with Gasteiger partial charge in [-0.3, -0.25) is 18.7 Å². The van der Waals surface area contributed by atoms with Crippen molar-refractivity contribution in [1.82, 2.24) is 0 Å². The molecule has 6 saturated heterocycles. The van der Waals surface area contributed by atoms with E-state index in [0.29, 0.717) is 38.5 Å². The van der Waals surface area contributed by atoms with Crippen molar-refractivity contribution in [2.45, 2.75) is 253 Å². The Hall–Kier alpha value is -2.48. The average molecular weight is 1390 g/mol. The molecule has 12 N–H and O–H groups in total. The number of aliphatic hydroxyl groups is 10. The number of methoxy groups -OCH3 is 1. The minimum atomic E-state index is -5.10. The molecule has 4 unspecified atom stereocenters. The Labute approximate surface area is 544 Å². The van der Waals surface area contributed by atoms with Gasteiger partial charge in [-0.05, 0) is 94.8 Å². The van der Waals surface area contributed by atoms with E-state index in [1.165, 1.54) is 6.92 Å². The second-order valence-corrected chi connectivity index (χ2v) is 30.8. The van der Waals surface area contributed by atoms with Crippen LogP contribution in [0.2, 0.25) is 0 Å². The highest BCUT2D eigenvalue weighted by molar-refractivity contribution is 7.81. The molecule has 538 valence electrons. The third kappa shape index (κ3) is 13.7. The standard InChI is InChI=1S/C60H94O32S2/c1-25(2)11-10-16-59(8)49-30(62)19-58(7)29-12-13-34-56(4,5)35(15-17-57(34,6)28(29)14-18-60(49,58)55(72)92-59)87-53-47(36(64)27(21-80-53)22-82-93(73,74)75)91-54-48(90-50-40(68)37(65)31(63)23-81-50)41(69)44(26(3)84-54)88-52-43(71)46(38(66)32(20-61)85-52)89-51-42(70)45(79-9)39(67)33(86-51)24-83-94(76,77)78/h12,26-28,31-54,61,63-71H,1,10-11,13-24H2,2-9H3,(H,73,74,75)(H,76,77,78)/t26-,27+,28+,31-,32-,33-,34?,35?,36+,37+,38-,39-,40-,41+,42-,43-,44-,45+,46+,47-,48-,49?,50+,51+,52+,53+,54+,57-,58+,59+,60?/m1/s1. The quantitative estimate of drug-likeness (QED) is 0.0322. The number of hydrogen-bond donors (Lipinski definition) is 12. The van der Waals surface area contributed by atoms with Crippen molar-refractivity contribution in [2.24, 2.45) is 45.3 Å². The van der Waals surface area contributed by atoms with Crippen molar-refractivity contribution in [1.29, 1.82) is 0 Å². The molecule has 9 fully saturated rings. The normalized spacial score (nSPS) is 48.8. The van der Waals surface area contributed by atoms with Gasteiger partial charge in [0.25, 0.3) is 0 Å². The van der Waals surface area contributed by atoms with Crippen LogP contribution >= 0.6 is 0 Å². The molecule has 4 aliphatic carbocycles. The van der Waals surface area contributed by atoms with Crippen molar-refractivity contribution < 1.29 is 152 Å². The van der Waals surface area contributed by atoms with Crippen LogP contribution in [0.3, 0.4) is 0 Å². The highest BCUT2D eigenvalue weighted by atomic mass is 32.3. The molecule has 3 saturated carbocycles. The van der Waals surface area contributed by atoms with Gasteiger partial charge in [-0.25, -0.2) is 8.37 Å². The van der Waals surface area contributed by atoms with Crippen LogP contribution in [0, 0.1) is 45.3 Å². The zero-order valence-electron chi connectivity index (χ0n) is 53.6. The monoisotopic (exact) mass is 1390 g/mol. The molecule has 94 heavy (non-hydrogen) atoms. The second kappa shape index (κ2) is 27.8. The molecule has 1 spiro atoms. The summed E-state index contributed by atoms with van der Waals surface area (Å²) in [5, 5.41) is 113. The fourth-order valence-corrected chi connectivity index (χ4v) is 18.2. The first-order valence-corrected chi connectivity index (χ1v) is 34.7. The number of ether oxygens (including phenoxy) is 12. The Balaban J connectivity index is 0.907. The van der Waals surface area contributed by atoms with E-state index in [4.69, 9.17) is 61.0 Å². The van der Waals surface area contributed by atoms with E-state index in [9.17, 15) is 86.6 Å². The third-order valence-electron chi connectivity index (χ3n) is 22.4. The van der Waals surface area contributed by atoms with Gasteiger partial charge in [0.15, 0.2) is 31.5 Å². The minimum Gasteiger partial charge on any atom is -0.458 e. The lowest BCUT2D eigenvalue weighted by molar-refractivity contribution is -0.403. The third-order valence-corrected chi connectivity index (χ3v) is 23.2. The van der Waals surface area contributed by atoms with Crippen molar-refractivity contribution in [3.05, 3.63) is 23.8 Å². The number of carbonyl (C=O) groups excluding carboxylic acids is 2. The maximum atomic E-state index is 14.5. The molecule has 32 nitrogen and oxygen atoms in total. The number of carbonyl (C=O) groups is 2. The largest absolute Gasteiger partial charge is 0.458 e. The van der Waals surface area contributed by atoms with Gasteiger partial charge in [0, 0.05) is 24.9 Å². The maximum Gasteiger partial charge on any atom is 0.397 e. The predicted molar refractivity (Wildman–Crippen MR) is 313 cm³/mol. The molecule has 0 aromatic heterocycles. The SMILES string of the molecule is C=C(C)CCC[C@]1(C)OC(=O)C23CC[C@H]4C(=CCC5C(C)(C)C(O[C@@H]6OC[C@@H](COS(=O)(=O)O)[C@H](O)[C@H]6O[C@@H]6O[C@H](C)[C@@H](O[C@@H]7O[C@H](CO)[C@@H](O)[C@H](O[C@@H]8O[C@H](COS(=O)(=O)O)[C@@H](O)[C@H](OC)[C@H]8O)[C@H]7O)[C@H](O)[C@H]6O[C@@H]6OC[C@@H](O)[C@H](O)[C@H]6O)CC[C@@]54C)[C@]2(C)CC(=O)C31. The molecule has 6 aliphatic heterocycles. The van der Waals surface area contributed by atoms with E-state index in [1.54, 1.807) is 0 Å². The summed E-state index contributed by atoms with van der Waals surface area (Å²) < 4.78 is 148. The predicted octanol–water partition coefficient (Wildman–Crippen LogP) is -1.84. The van der Waals surface area contributed by atoms with E-state index >= 15 is 0 Å². The van der Waals surface area contributed by atoms with Gasteiger partial charge in [0.1, 0.15) is 103 Å². The molecule has 34 heteroatoms. The number of allylic oxidation sites excluding steroid dienone is 3. The van der Waals surface area contributed by atoms with Crippen molar-refractivity contribution >= 4 is 32.6 Å².